The number of H-pyrrole nitrogens is 1. The smallest absolute Gasteiger partial charge is 0.255 e. The van der Waals surface area contributed by atoms with Gasteiger partial charge in [0.2, 0.25) is 5.91 Å². The van der Waals surface area contributed by atoms with Gasteiger partial charge in [-0.1, -0.05) is 111 Å². The van der Waals surface area contributed by atoms with Crippen molar-refractivity contribution in [3.05, 3.63) is 118 Å². The zero-order valence-electron chi connectivity index (χ0n) is 20.5. The SMILES string of the molecule is CCC1(C)Cc2ccccc2-c2nc(SCC(=O)NC(c3ccccc3)c3ccccc3)[nH]c(=O)c21. The minimum atomic E-state index is -0.274. The second-order valence-corrected chi connectivity index (χ2v) is 10.4. The first kappa shape index (κ1) is 24.1. The number of hydrogen-bond donors (Lipinski definition) is 2. The molecule has 5 rings (SSSR count). The number of nitrogens with zero attached hydrogens (tertiary/aromatic N) is 1. The molecule has 36 heavy (non-hydrogen) atoms. The maximum Gasteiger partial charge on any atom is 0.255 e. The Bertz CT molecular complexity index is 1400. The minimum Gasteiger partial charge on any atom is -0.344 e. The topological polar surface area (TPSA) is 74.8 Å². The molecular weight excluding hydrogens is 466 g/mol. The van der Waals surface area contributed by atoms with Gasteiger partial charge in [-0.15, -0.1) is 0 Å². The minimum absolute atomic E-state index is 0.117. The molecule has 3 aromatic carbocycles. The fourth-order valence-electron chi connectivity index (χ4n) is 4.98. The van der Waals surface area contributed by atoms with Crippen molar-refractivity contribution in [2.45, 2.75) is 43.3 Å². The predicted octanol–water partition coefficient (Wildman–Crippen LogP) is 5.66. The lowest BCUT2D eigenvalue weighted by Gasteiger charge is -2.34. The van der Waals surface area contributed by atoms with E-state index in [2.05, 4.69) is 30.2 Å². The molecule has 0 aliphatic heterocycles. The van der Waals surface area contributed by atoms with Crippen LogP contribution in [0.4, 0.5) is 0 Å². The standard InChI is InChI=1S/C30H29N3O2S/c1-3-30(2)18-22-16-10-11-17-23(22)27-25(30)28(35)33-29(32-27)36-19-24(34)31-26(20-12-6-4-7-13-20)21-14-8-5-9-15-21/h4-17,26H,3,18-19H2,1-2H3,(H,31,34)(H,32,33,35). The van der Waals surface area contributed by atoms with Crippen LogP contribution in [0.15, 0.2) is 94.9 Å². The second-order valence-electron chi connectivity index (χ2n) is 9.45. The van der Waals surface area contributed by atoms with E-state index in [0.717, 1.165) is 40.8 Å². The lowest BCUT2D eigenvalue weighted by Crippen LogP contribution is -2.36. The van der Waals surface area contributed by atoms with Gasteiger partial charge < -0.3 is 10.3 Å². The van der Waals surface area contributed by atoms with Crippen LogP contribution in [-0.4, -0.2) is 21.6 Å². The van der Waals surface area contributed by atoms with E-state index in [1.807, 2.05) is 78.9 Å². The fraction of sp³-hybridized carbons (Fsp3) is 0.233. The monoisotopic (exact) mass is 495 g/mol. The Balaban J connectivity index is 1.39. The van der Waals surface area contributed by atoms with E-state index >= 15 is 0 Å². The van der Waals surface area contributed by atoms with Gasteiger partial charge in [-0.3, -0.25) is 9.59 Å². The van der Waals surface area contributed by atoms with Crippen molar-refractivity contribution in [3.63, 3.8) is 0 Å². The van der Waals surface area contributed by atoms with Gasteiger partial charge in [0.05, 0.1) is 17.5 Å². The summed E-state index contributed by atoms with van der Waals surface area (Å²) in [5, 5.41) is 3.61. The molecule has 1 aliphatic carbocycles. The number of carbonyl (C=O) groups excluding carboxylic acids is 1. The third kappa shape index (κ3) is 4.73. The second kappa shape index (κ2) is 10.2. The van der Waals surface area contributed by atoms with E-state index in [1.165, 1.54) is 17.3 Å². The van der Waals surface area contributed by atoms with Gasteiger partial charge in [-0.25, -0.2) is 4.98 Å². The van der Waals surface area contributed by atoms with E-state index in [9.17, 15) is 9.59 Å². The molecule has 0 spiro atoms. The molecule has 0 radical (unpaired) electrons. The first-order valence-corrected chi connectivity index (χ1v) is 13.2. The van der Waals surface area contributed by atoms with Crippen LogP contribution < -0.4 is 10.9 Å². The Morgan fingerprint density at radius 1 is 1.00 bits per heavy atom. The number of aromatic nitrogens is 2. The summed E-state index contributed by atoms with van der Waals surface area (Å²) in [6.07, 6.45) is 1.65. The molecule has 1 aromatic heterocycles. The number of rotatable bonds is 7. The van der Waals surface area contributed by atoms with Crippen LogP contribution in [0.3, 0.4) is 0 Å². The van der Waals surface area contributed by atoms with Gasteiger partial charge >= 0.3 is 0 Å². The van der Waals surface area contributed by atoms with Gasteiger partial charge in [-0.05, 0) is 29.5 Å². The van der Waals surface area contributed by atoms with Gasteiger partial charge in [-0.2, -0.15) is 0 Å². The summed E-state index contributed by atoms with van der Waals surface area (Å²) in [4.78, 5) is 34.1. The summed E-state index contributed by atoms with van der Waals surface area (Å²) in [5.41, 5.74) is 5.32. The number of aromatic amines is 1. The van der Waals surface area contributed by atoms with Crippen molar-refractivity contribution in [3.8, 4) is 11.3 Å². The van der Waals surface area contributed by atoms with Gasteiger partial charge in [0.1, 0.15) is 0 Å². The molecule has 4 aromatic rings. The number of benzene rings is 3. The largest absolute Gasteiger partial charge is 0.344 e. The first-order chi connectivity index (χ1) is 17.5. The van der Waals surface area contributed by atoms with Crippen LogP contribution >= 0.6 is 11.8 Å². The van der Waals surface area contributed by atoms with Crippen LogP contribution in [-0.2, 0) is 16.6 Å². The third-order valence-electron chi connectivity index (χ3n) is 7.05. The number of nitrogens with one attached hydrogen (secondary N) is 2. The highest BCUT2D eigenvalue weighted by Crippen LogP contribution is 2.42. The molecule has 182 valence electrons. The maximum atomic E-state index is 13.3. The summed E-state index contributed by atoms with van der Waals surface area (Å²) >= 11 is 1.25. The van der Waals surface area contributed by atoms with Gasteiger partial charge in [0, 0.05) is 16.5 Å². The Morgan fingerprint density at radius 2 is 1.61 bits per heavy atom. The Morgan fingerprint density at radius 3 is 2.25 bits per heavy atom. The lowest BCUT2D eigenvalue weighted by atomic mass is 9.69. The number of fused-ring (bicyclic) bond motifs is 3. The van der Waals surface area contributed by atoms with E-state index in [-0.39, 0.29) is 28.7 Å². The molecule has 1 unspecified atom stereocenters. The normalized spacial score (nSPS) is 16.3. The molecule has 1 heterocycles. The molecule has 5 nitrogen and oxygen atoms in total. The summed E-state index contributed by atoms with van der Waals surface area (Å²) in [5.74, 6) is 0.0155. The van der Waals surface area contributed by atoms with Crippen LogP contribution in [0.2, 0.25) is 0 Å². The van der Waals surface area contributed by atoms with E-state index in [0.29, 0.717) is 5.16 Å². The molecular formula is C30H29N3O2S. The van der Waals surface area contributed by atoms with E-state index in [1.54, 1.807) is 0 Å². The molecule has 1 amide bonds. The summed E-state index contributed by atoms with van der Waals surface area (Å²) in [6.45, 7) is 4.24. The van der Waals surface area contributed by atoms with Crippen molar-refractivity contribution in [1.82, 2.24) is 15.3 Å². The first-order valence-electron chi connectivity index (χ1n) is 12.2. The van der Waals surface area contributed by atoms with Crippen LogP contribution in [0.1, 0.15) is 48.6 Å². The highest BCUT2D eigenvalue weighted by molar-refractivity contribution is 7.99. The molecule has 2 N–H and O–H groups in total. The summed E-state index contributed by atoms with van der Waals surface area (Å²) in [6, 6.07) is 27.7. The molecule has 6 heteroatoms. The van der Waals surface area contributed by atoms with Crippen LogP contribution in [0, 0.1) is 0 Å². The lowest BCUT2D eigenvalue weighted by molar-refractivity contribution is -0.119. The third-order valence-corrected chi connectivity index (χ3v) is 7.92. The summed E-state index contributed by atoms with van der Waals surface area (Å²) < 4.78 is 0. The number of amides is 1. The zero-order chi connectivity index (χ0) is 25.1. The van der Waals surface area contributed by atoms with Gasteiger partial charge in [0.15, 0.2) is 5.16 Å². The zero-order valence-corrected chi connectivity index (χ0v) is 21.3. The highest BCUT2D eigenvalue weighted by atomic mass is 32.2. The maximum absolute atomic E-state index is 13.3. The quantitative estimate of drug-likeness (QED) is 0.256. The Hall–Kier alpha value is -3.64. The highest BCUT2D eigenvalue weighted by Gasteiger charge is 2.37. The van der Waals surface area contributed by atoms with Crippen LogP contribution in [0.25, 0.3) is 11.3 Å². The fourth-order valence-corrected chi connectivity index (χ4v) is 5.65. The molecule has 0 saturated heterocycles. The van der Waals surface area contributed by atoms with Crippen molar-refractivity contribution in [2.75, 3.05) is 5.75 Å². The molecule has 1 aliphatic rings. The van der Waals surface area contributed by atoms with Crippen molar-refractivity contribution in [2.24, 2.45) is 0 Å². The van der Waals surface area contributed by atoms with Crippen LogP contribution in [0.5, 0.6) is 0 Å². The predicted molar refractivity (Wildman–Crippen MR) is 145 cm³/mol. The van der Waals surface area contributed by atoms with Crippen molar-refractivity contribution < 1.29 is 4.79 Å². The number of hydrogen-bond acceptors (Lipinski definition) is 4. The van der Waals surface area contributed by atoms with Gasteiger partial charge in [0.25, 0.3) is 5.56 Å². The molecule has 0 fully saturated rings. The molecule has 0 bridgehead atoms. The Labute approximate surface area is 215 Å². The number of carbonyl (C=O) groups is 1. The summed E-state index contributed by atoms with van der Waals surface area (Å²) in [7, 11) is 0. The van der Waals surface area contributed by atoms with E-state index < -0.39 is 0 Å². The number of thioether (sulfide) groups is 1. The Kier molecular flexibility index (Phi) is 6.79. The van der Waals surface area contributed by atoms with Crippen molar-refractivity contribution in [1.29, 1.82) is 0 Å². The molecule has 0 saturated carbocycles. The van der Waals surface area contributed by atoms with Crippen molar-refractivity contribution >= 4 is 17.7 Å². The molecule has 1 atom stereocenters. The average molecular weight is 496 g/mol. The van der Waals surface area contributed by atoms with E-state index in [4.69, 9.17) is 4.98 Å². The average Bonchev–Trinajstić information content (AvgIpc) is 2.91.